The topological polar surface area (TPSA) is 107 Å². The standard InChI is InChI=1S/C24H24N2O6/c1-2-32-23(29)24(26(30)31,15-9-14-18-10-5-3-6-11-18)20-16-21(27)25(22(20)28)17-19-12-7-4-8-13-19/h3-14,20H,2,15-17H2,1H3/b14-9-/t20-,24+/m1/s1. The molecule has 0 bridgehead atoms. The lowest BCUT2D eigenvalue weighted by atomic mass is 9.80. The molecule has 1 saturated heterocycles. The smallest absolute Gasteiger partial charge is 0.386 e. The molecule has 2 aromatic carbocycles. The van der Waals surface area contributed by atoms with Gasteiger partial charge in [-0.05, 0) is 18.1 Å². The number of imide groups is 1. The van der Waals surface area contributed by atoms with E-state index in [9.17, 15) is 24.5 Å². The van der Waals surface area contributed by atoms with Crippen LogP contribution in [0.2, 0.25) is 0 Å². The van der Waals surface area contributed by atoms with Gasteiger partial charge in [0.2, 0.25) is 11.8 Å². The summed E-state index contributed by atoms with van der Waals surface area (Å²) in [7, 11) is 0. The molecule has 0 N–H and O–H groups in total. The number of nitro groups is 1. The van der Waals surface area contributed by atoms with E-state index in [2.05, 4.69) is 0 Å². The molecule has 3 rings (SSSR count). The van der Waals surface area contributed by atoms with Crippen molar-refractivity contribution >= 4 is 23.9 Å². The number of hydrogen-bond acceptors (Lipinski definition) is 6. The number of nitrogens with zero attached hydrogens (tertiary/aromatic N) is 2. The monoisotopic (exact) mass is 436 g/mol. The summed E-state index contributed by atoms with van der Waals surface area (Å²) in [6, 6.07) is 17.9. The third-order valence-corrected chi connectivity index (χ3v) is 5.50. The predicted octanol–water partition coefficient (Wildman–Crippen LogP) is 3.24. The van der Waals surface area contributed by atoms with Crippen LogP contribution in [0.15, 0.2) is 66.7 Å². The van der Waals surface area contributed by atoms with Gasteiger partial charge in [-0.25, -0.2) is 4.79 Å². The molecular formula is C24H24N2O6. The fourth-order valence-corrected chi connectivity index (χ4v) is 3.83. The molecule has 0 radical (unpaired) electrons. The van der Waals surface area contributed by atoms with Crippen LogP contribution in [0.4, 0.5) is 0 Å². The first-order chi connectivity index (χ1) is 15.4. The Bertz CT molecular complexity index is 1020. The molecule has 1 heterocycles. The minimum Gasteiger partial charge on any atom is -0.461 e. The molecule has 1 aliphatic rings. The van der Waals surface area contributed by atoms with E-state index >= 15 is 0 Å². The van der Waals surface area contributed by atoms with Gasteiger partial charge in [0.15, 0.2) is 0 Å². The molecule has 0 unspecified atom stereocenters. The van der Waals surface area contributed by atoms with E-state index in [-0.39, 0.29) is 19.6 Å². The number of likely N-dealkylation sites (tertiary alicyclic amines) is 1. The molecule has 2 atom stereocenters. The number of carbonyl (C=O) groups is 3. The zero-order chi connectivity index (χ0) is 23.1. The van der Waals surface area contributed by atoms with Crippen LogP contribution in [0, 0.1) is 16.0 Å². The van der Waals surface area contributed by atoms with Crippen LogP contribution in [0.3, 0.4) is 0 Å². The summed E-state index contributed by atoms with van der Waals surface area (Å²) < 4.78 is 5.02. The number of benzene rings is 2. The van der Waals surface area contributed by atoms with Gasteiger partial charge in [-0.1, -0.05) is 72.8 Å². The van der Waals surface area contributed by atoms with Crippen LogP contribution in [-0.4, -0.2) is 39.8 Å². The average molecular weight is 436 g/mol. The van der Waals surface area contributed by atoms with Gasteiger partial charge < -0.3 is 4.74 Å². The minimum absolute atomic E-state index is 0.00845. The number of rotatable bonds is 9. The molecule has 1 fully saturated rings. The Hall–Kier alpha value is -3.81. The van der Waals surface area contributed by atoms with Crippen molar-refractivity contribution in [2.24, 2.45) is 5.92 Å². The third-order valence-electron chi connectivity index (χ3n) is 5.50. The number of hydrogen-bond donors (Lipinski definition) is 0. The summed E-state index contributed by atoms with van der Waals surface area (Å²) in [5, 5.41) is 12.3. The fraction of sp³-hybridized carbons (Fsp3) is 0.292. The van der Waals surface area contributed by atoms with Crippen LogP contribution in [0.1, 0.15) is 30.9 Å². The molecule has 0 aromatic heterocycles. The molecule has 2 aromatic rings. The van der Waals surface area contributed by atoms with Gasteiger partial charge in [0, 0.05) is 17.8 Å². The van der Waals surface area contributed by atoms with Crippen molar-refractivity contribution in [3.63, 3.8) is 0 Å². The maximum atomic E-state index is 13.2. The van der Waals surface area contributed by atoms with Gasteiger partial charge in [0.05, 0.1) is 13.2 Å². The summed E-state index contributed by atoms with van der Waals surface area (Å²) in [6.07, 6.45) is 2.31. The molecule has 1 aliphatic heterocycles. The molecular weight excluding hydrogens is 412 g/mol. The lowest BCUT2D eigenvalue weighted by Gasteiger charge is -2.26. The third kappa shape index (κ3) is 4.59. The molecule has 0 aliphatic carbocycles. The van der Waals surface area contributed by atoms with Crippen LogP contribution >= 0.6 is 0 Å². The Kier molecular flexibility index (Phi) is 7.14. The van der Waals surface area contributed by atoms with Crippen molar-refractivity contribution in [1.82, 2.24) is 4.90 Å². The molecule has 32 heavy (non-hydrogen) atoms. The molecule has 0 saturated carbocycles. The lowest BCUT2D eigenvalue weighted by Crippen LogP contribution is -2.55. The second-order valence-electron chi connectivity index (χ2n) is 7.48. The highest BCUT2D eigenvalue weighted by Crippen LogP contribution is 2.37. The molecule has 0 spiro atoms. The van der Waals surface area contributed by atoms with E-state index in [4.69, 9.17) is 4.74 Å². The van der Waals surface area contributed by atoms with Gasteiger partial charge in [0.1, 0.15) is 5.92 Å². The van der Waals surface area contributed by atoms with Crippen LogP contribution in [0.25, 0.3) is 6.08 Å². The van der Waals surface area contributed by atoms with Gasteiger partial charge in [-0.15, -0.1) is 0 Å². The van der Waals surface area contributed by atoms with Gasteiger partial charge in [-0.3, -0.25) is 24.6 Å². The maximum absolute atomic E-state index is 13.2. The van der Waals surface area contributed by atoms with E-state index in [1.54, 1.807) is 48.5 Å². The van der Waals surface area contributed by atoms with Crippen molar-refractivity contribution in [2.75, 3.05) is 6.61 Å². The fourth-order valence-electron chi connectivity index (χ4n) is 3.83. The normalized spacial score (nSPS) is 18.0. The number of amides is 2. The second kappa shape index (κ2) is 10.00. The zero-order valence-corrected chi connectivity index (χ0v) is 17.7. The summed E-state index contributed by atoms with van der Waals surface area (Å²) in [5.74, 6) is -3.85. The van der Waals surface area contributed by atoms with E-state index in [1.807, 2.05) is 18.2 Å². The van der Waals surface area contributed by atoms with E-state index in [0.717, 1.165) is 10.5 Å². The largest absolute Gasteiger partial charge is 0.461 e. The van der Waals surface area contributed by atoms with E-state index in [1.165, 1.54) is 13.0 Å². The van der Waals surface area contributed by atoms with Crippen molar-refractivity contribution in [2.45, 2.75) is 31.8 Å². The SMILES string of the molecule is CCOC(=O)[C@](C/C=C\c1ccccc1)([C@@H]1CC(=O)N(Cc2ccccc2)C1=O)[N+](=O)[O-]. The lowest BCUT2D eigenvalue weighted by molar-refractivity contribution is -0.561. The first kappa shape index (κ1) is 22.9. The second-order valence-corrected chi connectivity index (χ2v) is 7.48. The van der Waals surface area contributed by atoms with Crippen molar-refractivity contribution in [3.05, 3.63) is 88.0 Å². The van der Waals surface area contributed by atoms with E-state index in [0.29, 0.717) is 5.56 Å². The highest BCUT2D eigenvalue weighted by Gasteiger charge is 2.65. The summed E-state index contributed by atoms with van der Waals surface area (Å²) in [5.41, 5.74) is -0.894. The predicted molar refractivity (Wildman–Crippen MR) is 117 cm³/mol. The first-order valence-corrected chi connectivity index (χ1v) is 10.3. The Morgan fingerprint density at radius 3 is 2.38 bits per heavy atom. The summed E-state index contributed by atoms with van der Waals surface area (Å²) >= 11 is 0. The van der Waals surface area contributed by atoms with Gasteiger partial charge in [0.25, 0.3) is 0 Å². The Labute approximate surface area is 185 Å². The number of esters is 1. The summed E-state index contributed by atoms with van der Waals surface area (Å²) in [4.78, 5) is 51.2. The average Bonchev–Trinajstić information content (AvgIpc) is 3.06. The number of ether oxygens (including phenoxy) is 1. The van der Waals surface area contributed by atoms with Crippen molar-refractivity contribution in [1.29, 1.82) is 0 Å². The zero-order valence-electron chi connectivity index (χ0n) is 17.7. The minimum atomic E-state index is -2.39. The van der Waals surface area contributed by atoms with Gasteiger partial charge in [-0.2, -0.15) is 0 Å². The van der Waals surface area contributed by atoms with Crippen LogP contribution in [-0.2, 0) is 25.7 Å². The van der Waals surface area contributed by atoms with Crippen molar-refractivity contribution < 1.29 is 24.0 Å². The molecule has 2 amide bonds. The molecule has 166 valence electrons. The highest BCUT2D eigenvalue weighted by atomic mass is 16.6. The van der Waals surface area contributed by atoms with Crippen LogP contribution < -0.4 is 0 Å². The van der Waals surface area contributed by atoms with Crippen LogP contribution in [0.5, 0.6) is 0 Å². The Morgan fingerprint density at radius 2 is 1.78 bits per heavy atom. The maximum Gasteiger partial charge on any atom is 0.386 e. The molecule has 8 heteroatoms. The molecule has 8 nitrogen and oxygen atoms in total. The summed E-state index contributed by atoms with van der Waals surface area (Å²) in [6.45, 7) is 1.44. The van der Waals surface area contributed by atoms with Crippen molar-refractivity contribution in [3.8, 4) is 0 Å². The van der Waals surface area contributed by atoms with Gasteiger partial charge >= 0.3 is 11.5 Å². The Morgan fingerprint density at radius 1 is 1.16 bits per heavy atom. The Balaban J connectivity index is 1.94. The number of carbonyl (C=O) groups excluding carboxylic acids is 3. The first-order valence-electron chi connectivity index (χ1n) is 10.3. The van der Waals surface area contributed by atoms with E-state index < -0.39 is 40.6 Å². The quantitative estimate of drug-likeness (QED) is 0.259. The highest BCUT2D eigenvalue weighted by molar-refractivity contribution is 6.06.